The minimum atomic E-state index is -0.709. The van der Waals surface area contributed by atoms with Gasteiger partial charge in [-0.05, 0) is 126 Å². The summed E-state index contributed by atoms with van der Waals surface area (Å²) in [6.07, 6.45) is 8.28. The van der Waals surface area contributed by atoms with Gasteiger partial charge in [-0.15, -0.1) is 11.8 Å². The number of halogens is 2. The van der Waals surface area contributed by atoms with E-state index in [1.165, 1.54) is 48.2 Å². The molecule has 2 aromatic carbocycles. The molecule has 0 aliphatic carbocycles. The van der Waals surface area contributed by atoms with Crippen LogP contribution in [0.2, 0.25) is 0 Å². The third kappa shape index (κ3) is 13.2. The van der Waals surface area contributed by atoms with Crippen molar-refractivity contribution in [1.82, 2.24) is 45.4 Å². The first-order valence-electron chi connectivity index (χ1n) is 26.8. The average Bonchev–Trinajstić information content (AvgIpc) is 4.30. The molecule has 5 N–H and O–H groups in total. The van der Waals surface area contributed by atoms with Crippen molar-refractivity contribution in [3.8, 4) is 11.1 Å². The molecule has 0 saturated carbocycles. The normalized spacial score (nSPS) is 20.6. The van der Waals surface area contributed by atoms with Crippen molar-refractivity contribution >= 4 is 57.7 Å². The summed E-state index contributed by atoms with van der Waals surface area (Å²) in [4.78, 5) is 84.9. The number of nitrogen functional groups attached to an aromatic ring is 1. The van der Waals surface area contributed by atoms with E-state index < -0.39 is 29.8 Å². The number of anilines is 2. The first-order chi connectivity index (χ1) is 37.3. The number of hydrogen-bond acceptors (Lipinski definition) is 15. The van der Waals surface area contributed by atoms with Crippen LogP contribution in [0, 0.1) is 17.6 Å². The van der Waals surface area contributed by atoms with Crippen LogP contribution in [-0.2, 0) is 36.9 Å². The summed E-state index contributed by atoms with van der Waals surface area (Å²) in [6, 6.07) is 9.49. The van der Waals surface area contributed by atoms with E-state index in [-0.39, 0.29) is 67.0 Å². The zero-order valence-electron chi connectivity index (χ0n) is 44.1. The molecule has 22 heteroatoms. The van der Waals surface area contributed by atoms with Crippen LogP contribution in [0.3, 0.4) is 0 Å². The summed E-state index contributed by atoms with van der Waals surface area (Å²) < 4.78 is 41.6. The van der Waals surface area contributed by atoms with Crippen LogP contribution in [0.25, 0.3) is 11.1 Å². The second kappa shape index (κ2) is 25.4. The van der Waals surface area contributed by atoms with Crippen LogP contribution in [0.15, 0.2) is 65.9 Å². The highest BCUT2D eigenvalue weighted by Gasteiger charge is 2.43. The van der Waals surface area contributed by atoms with E-state index in [2.05, 4.69) is 30.7 Å². The van der Waals surface area contributed by atoms with Gasteiger partial charge in [0.1, 0.15) is 29.5 Å². The van der Waals surface area contributed by atoms with E-state index in [0.717, 1.165) is 60.6 Å². The number of nitrogens with one attached hydrogen (secondary N) is 3. The van der Waals surface area contributed by atoms with Gasteiger partial charge in [0, 0.05) is 80.0 Å². The van der Waals surface area contributed by atoms with Crippen molar-refractivity contribution in [3.63, 3.8) is 0 Å². The molecule has 7 heterocycles. The Balaban J connectivity index is 0.694. The molecular weight excluding hydrogens is 1010 g/mol. The molecule has 4 amide bonds. The molecule has 1 unspecified atom stereocenters. The maximum atomic E-state index is 14.7. The number of carbonyl (C=O) groups excluding carboxylic acids is 5. The van der Waals surface area contributed by atoms with Crippen molar-refractivity contribution < 1.29 is 42.2 Å². The number of pyridine rings is 1. The van der Waals surface area contributed by atoms with Crippen molar-refractivity contribution in [1.29, 1.82) is 0 Å². The highest BCUT2D eigenvalue weighted by Crippen LogP contribution is 2.42. The fourth-order valence-corrected chi connectivity index (χ4v) is 12.2. The lowest BCUT2D eigenvalue weighted by molar-refractivity contribution is -0.138. The van der Waals surface area contributed by atoms with Crippen LogP contribution < -0.4 is 26.6 Å². The van der Waals surface area contributed by atoms with Crippen LogP contribution in [-0.4, -0.2) is 174 Å². The average molecular weight is 1080 g/mol. The van der Waals surface area contributed by atoms with E-state index >= 15 is 0 Å². The van der Waals surface area contributed by atoms with Crippen LogP contribution in [0.5, 0.6) is 0 Å². The zero-order valence-corrected chi connectivity index (χ0v) is 44.9. The van der Waals surface area contributed by atoms with Gasteiger partial charge in [0.05, 0.1) is 74.1 Å². The number of hydrogen-bond donors (Lipinski definition) is 4. The number of aromatic nitrogens is 3. The van der Waals surface area contributed by atoms with Crippen LogP contribution in [0.4, 0.5) is 20.3 Å². The van der Waals surface area contributed by atoms with Gasteiger partial charge in [-0.3, -0.25) is 33.6 Å². The number of likely N-dealkylation sites (N-methyl/N-ethyl adjacent to an activating group) is 1. The summed E-state index contributed by atoms with van der Waals surface area (Å²) in [6.45, 7) is 7.44. The summed E-state index contributed by atoms with van der Waals surface area (Å²) in [5.41, 5.74) is 10.9. The number of amides is 4. The van der Waals surface area contributed by atoms with E-state index in [1.54, 1.807) is 42.9 Å². The molecule has 0 radical (unpaired) electrons. The van der Waals surface area contributed by atoms with Gasteiger partial charge in [0.15, 0.2) is 5.78 Å². The lowest BCUT2D eigenvalue weighted by Gasteiger charge is -2.38. The Kier molecular flexibility index (Phi) is 18.3. The highest BCUT2D eigenvalue weighted by atomic mass is 32.2. The van der Waals surface area contributed by atoms with Crippen LogP contribution >= 0.6 is 11.8 Å². The smallest absolute Gasteiger partial charge is 0.254 e. The van der Waals surface area contributed by atoms with Gasteiger partial charge in [-0.2, -0.15) is 5.10 Å². The van der Waals surface area contributed by atoms with Gasteiger partial charge in [0.25, 0.3) is 5.91 Å². The van der Waals surface area contributed by atoms with Gasteiger partial charge in [-0.25, -0.2) is 13.8 Å². The van der Waals surface area contributed by atoms with Gasteiger partial charge < -0.3 is 50.8 Å². The molecule has 5 aliphatic heterocycles. The second-order valence-corrected chi connectivity index (χ2v) is 21.5. The maximum Gasteiger partial charge on any atom is 0.254 e. The molecule has 5 atom stereocenters. The molecule has 9 rings (SSSR count). The predicted octanol–water partition coefficient (Wildman–Crippen LogP) is 4.46. The summed E-state index contributed by atoms with van der Waals surface area (Å²) in [5.74, 6) is -1.02. The number of benzene rings is 2. The Morgan fingerprint density at radius 1 is 0.883 bits per heavy atom. The van der Waals surface area contributed by atoms with E-state index in [0.29, 0.717) is 99.3 Å². The number of nitrogens with two attached hydrogens (primary N) is 1. The molecule has 4 aromatic rings. The summed E-state index contributed by atoms with van der Waals surface area (Å²) in [7, 11) is 3.42. The van der Waals surface area contributed by atoms with Gasteiger partial charge >= 0.3 is 0 Å². The number of Topliss-reactive ketones (excluding diaryl/α,β-unsaturated/α-hetero) is 1. The Bertz CT molecular complexity index is 2810. The fourth-order valence-electron chi connectivity index (χ4n) is 11.0. The van der Waals surface area contributed by atoms with E-state index in [1.807, 2.05) is 17.2 Å². The number of piperidine rings is 1. The molecule has 19 nitrogen and oxygen atoms in total. The topological polar surface area (TPSA) is 222 Å². The maximum absolute atomic E-state index is 14.7. The number of ether oxygens (including phenoxy) is 2. The molecule has 2 bridgehead atoms. The lowest BCUT2D eigenvalue weighted by atomic mass is 9.88. The van der Waals surface area contributed by atoms with Crippen LogP contribution in [0.1, 0.15) is 89.9 Å². The summed E-state index contributed by atoms with van der Waals surface area (Å²) in [5, 5.41) is 14.6. The third-order valence-electron chi connectivity index (χ3n) is 15.4. The lowest BCUT2D eigenvalue weighted by Crippen LogP contribution is -2.58. The zero-order chi connectivity index (χ0) is 54.2. The molecule has 77 heavy (non-hydrogen) atoms. The third-order valence-corrected chi connectivity index (χ3v) is 16.6. The first kappa shape index (κ1) is 55.4. The van der Waals surface area contributed by atoms with Crippen molar-refractivity contribution in [3.05, 3.63) is 94.9 Å². The van der Waals surface area contributed by atoms with Gasteiger partial charge in [0.2, 0.25) is 17.7 Å². The standard InChI is InChI=1S/C55H70F2N12O7S/c1-34(59-2)52(72)63-49(55(74)69-19-5-7-46(69)53-62-44(33-77-53)50(71)36-8-10-38(56)11-9-36)35-14-20-66(21-15-35)23-25-76-27-26-75-24-16-48(70)60-17-22-67-31-42-37-28-47(51(58)61-30-37)68-18-4-6-45(68)41-29-39(57)12-13-40(41)54(73)65(3)32-43(42)64-67/h8-13,28-31,34-35,44-46,49,59H,4-7,14-27,32-33H2,1-3H3,(H2,58,61)(H,60,70)(H,63,72)/t34-,44?,45-,46-,49-/m1/s1. The number of rotatable bonds is 20. The van der Waals surface area contributed by atoms with E-state index in [4.69, 9.17) is 25.3 Å². The number of ketones is 1. The Hall–Kier alpha value is -6.33. The van der Waals surface area contributed by atoms with E-state index in [9.17, 15) is 32.8 Å². The SMILES string of the molecule is CN[C@H](C)C(=O)N[C@@H](C(=O)N1CCC[C@@H]1C1=NC(C(=O)c2ccc(F)cc2)CS1)C1CCN(CCOCCOCCC(=O)NCCn2cc3c(n2)CN(C)C(=O)c2ccc(F)cc2[C@H]2CCCN2c2cc-3cnc2N)CC1. The molecule has 3 fully saturated rings. The molecular formula is C55H70F2N12O7S. The largest absolute Gasteiger partial charge is 0.382 e. The minimum Gasteiger partial charge on any atom is -0.382 e. The fraction of sp³-hybridized carbons (Fsp3) is 0.527. The number of aliphatic imine (C=N–C) groups is 1. The van der Waals surface area contributed by atoms with Crippen molar-refractivity contribution in [2.24, 2.45) is 10.9 Å². The summed E-state index contributed by atoms with van der Waals surface area (Å²) >= 11 is 1.49. The molecule has 5 aliphatic rings. The first-order valence-corrected chi connectivity index (χ1v) is 27.8. The molecule has 2 aromatic heterocycles. The Morgan fingerprint density at radius 3 is 2.40 bits per heavy atom. The molecule has 412 valence electrons. The monoisotopic (exact) mass is 1080 g/mol. The minimum absolute atomic E-state index is 0.0738. The number of fused-ring (bicyclic) bond motifs is 8. The number of likely N-dealkylation sites (tertiary alicyclic amines) is 2. The highest BCUT2D eigenvalue weighted by molar-refractivity contribution is 8.14. The quantitative estimate of drug-likeness (QED) is 0.0710. The number of nitrogens with zero attached hydrogens (tertiary/aromatic N) is 8. The number of thioether (sulfide) groups is 1. The predicted molar refractivity (Wildman–Crippen MR) is 289 cm³/mol. The molecule has 3 saturated heterocycles. The molecule has 0 spiro atoms. The second-order valence-electron chi connectivity index (χ2n) is 20.5. The Morgan fingerprint density at radius 2 is 1.62 bits per heavy atom. The van der Waals surface area contributed by atoms with Gasteiger partial charge in [-0.1, -0.05) is 0 Å². The number of carbonyl (C=O) groups is 5. The Labute approximate surface area is 452 Å². The van der Waals surface area contributed by atoms with Crippen molar-refractivity contribution in [2.75, 3.05) is 96.2 Å². The van der Waals surface area contributed by atoms with Crippen molar-refractivity contribution in [2.45, 2.75) is 95.2 Å².